The second-order valence-corrected chi connectivity index (χ2v) is 3.90. The van der Waals surface area contributed by atoms with Gasteiger partial charge in [0.15, 0.2) is 4.77 Å². The molecule has 4 heteroatoms. The predicted octanol–water partition coefficient (Wildman–Crippen LogP) is 3.24. The van der Waals surface area contributed by atoms with E-state index in [-0.39, 0.29) is 0 Å². The van der Waals surface area contributed by atoms with E-state index in [1.54, 1.807) is 0 Å². The largest absolute Gasteiger partial charge is 0.492 e. The summed E-state index contributed by atoms with van der Waals surface area (Å²) in [7, 11) is 0. The first-order valence-corrected chi connectivity index (χ1v) is 5.63. The monoisotopic (exact) mass is 234 g/mol. The Morgan fingerprint density at radius 1 is 1.38 bits per heavy atom. The summed E-state index contributed by atoms with van der Waals surface area (Å²) in [6.07, 6.45) is 1.97. The number of imidazole rings is 1. The lowest BCUT2D eigenvalue weighted by Gasteiger charge is -2.09. The van der Waals surface area contributed by atoms with Gasteiger partial charge in [0.05, 0.1) is 12.3 Å². The van der Waals surface area contributed by atoms with Crippen molar-refractivity contribution in [1.82, 2.24) is 9.55 Å². The molecule has 0 saturated heterocycles. The van der Waals surface area contributed by atoms with E-state index in [0.717, 1.165) is 17.1 Å². The molecule has 0 bridgehead atoms. The summed E-state index contributed by atoms with van der Waals surface area (Å²) in [4.78, 5) is 3.10. The maximum atomic E-state index is 5.57. The summed E-state index contributed by atoms with van der Waals surface area (Å²) in [5.74, 6) is 0.847. The molecule has 1 aromatic heterocycles. The number of hydrogen-bond donors (Lipinski definition) is 1. The molecular formula is C12H14N2OS. The van der Waals surface area contributed by atoms with Crippen LogP contribution >= 0.6 is 12.2 Å². The first-order chi connectivity index (χ1) is 7.72. The molecule has 1 N–H and O–H groups in total. The standard InChI is InChI=1S/C12H14N2OS/c1-3-15-11-7-5-4-6-10(11)14-8-9(2)13-12(14)16/h4-8H,3H2,1-2H3,(H,13,16). The third kappa shape index (κ3) is 2.02. The molecule has 84 valence electrons. The minimum Gasteiger partial charge on any atom is -0.492 e. The molecule has 0 aliphatic carbocycles. The average molecular weight is 234 g/mol. The number of rotatable bonds is 3. The van der Waals surface area contributed by atoms with Crippen molar-refractivity contribution >= 4 is 12.2 Å². The van der Waals surface area contributed by atoms with Gasteiger partial charge in [-0.25, -0.2) is 0 Å². The van der Waals surface area contributed by atoms with E-state index in [4.69, 9.17) is 17.0 Å². The Bertz CT molecular complexity index is 542. The van der Waals surface area contributed by atoms with Gasteiger partial charge in [0.25, 0.3) is 0 Å². The zero-order chi connectivity index (χ0) is 11.5. The maximum absolute atomic E-state index is 5.57. The lowest BCUT2D eigenvalue weighted by molar-refractivity contribution is 0.339. The van der Waals surface area contributed by atoms with E-state index >= 15 is 0 Å². The van der Waals surface area contributed by atoms with E-state index < -0.39 is 0 Å². The molecule has 2 rings (SSSR count). The Labute approximate surface area is 99.7 Å². The van der Waals surface area contributed by atoms with Gasteiger partial charge in [-0.3, -0.25) is 4.57 Å². The van der Waals surface area contributed by atoms with E-state index in [0.29, 0.717) is 11.4 Å². The highest BCUT2D eigenvalue weighted by atomic mass is 32.1. The third-order valence-corrected chi connectivity index (χ3v) is 2.57. The fourth-order valence-corrected chi connectivity index (χ4v) is 1.94. The van der Waals surface area contributed by atoms with Gasteiger partial charge in [-0.05, 0) is 38.2 Å². The van der Waals surface area contributed by atoms with Crippen molar-refractivity contribution in [1.29, 1.82) is 0 Å². The van der Waals surface area contributed by atoms with Crippen LogP contribution in [0.4, 0.5) is 0 Å². The van der Waals surface area contributed by atoms with Gasteiger partial charge in [-0.15, -0.1) is 0 Å². The number of H-pyrrole nitrogens is 1. The van der Waals surface area contributed by atoms with Crippen molar-refractivity contribution in [2.45, 2.75) is 13.8 Å². The Morgan fingerprint density at radius 3 is 2.75 bits per heavy atom. The Hall–Kier alpha value is -1.55. The van der Waals surface area contributed by atoms with Crippen molar-refractivity contribution in [3.63, 3.8) is 0 Å². The summed E-state index contributed by atoms with van der Waals surface area (Å²) in [6.45, 7) is 4.60. The molecule has 0 radical (unpaired) electrons. The number of ether oxygens (including phenoxy) is 1. The summed E-state index contributed by atoms with van der Waals surface area (Å²) in [5.41, 5.74) is 2.01. The van der Waals surface area contributed by atoms with Crippen LogP contribution in [0, 0.1) is 11.7 Å². The fraction of sp³-hybridized carbons (Fsp3) is 0.250. The fourth-order valence-electron chi connectivity index (χ4n) is 1.63. The van der Waals surface area contributed by atoms with Crippen LogP contribution in [-0.2, 0) is 0 Å². The van der Waals surface area contributed by atoms with Crippen LogP contribution in [0.3, 0.4) is 0 Å². The lowest BCUT2D eigenvalue weighted by atomic mass is 10.3. The molecule has 0 aliphatic rings. The van der Waals surface area contributed by atoms with Gasteiger partial charge in [0.2, 0.25) is 0 Å². The van der Waals surface area contributed by atoms with Crippen LogP contribution < -0.4 is 4.74 Å². The van der Waals surface area contributed by atoms with Crippen molar-refractivity contribution in [2.75, 3.05) is 6.61 Å². The number of nitrogens with zero attached hydrogens (tertiary/aromatic N) is 1. The summed E-state index contributed by atoms with van der Waals surface area (Å²) < 4.78 is 8.19. The lowest BCUT2D eigenvalue weighted by Crippen LogP contribution is -1.99. The van der Waals surface area contributed by atoms with E-state index in [2.05, 4.69) is 4.98 Å². The quantitative estimate of drug-likeness (QED) is 0.826. The van der Waals surface area contributed by atoms with Crippen molar-refractivity contribution in [3.8, 4) is 11.4 Å². The molecule has 1 heterocycles. The van der Waals surface area contributed by atoms with Crippen molar-refractivity contribution in [2.24, 2.45) is 0 Å². The number of nitrogens with one attached hydrogen (secondary N) is 1. The Morgan fingerprint density at radius 2 is 2.12 bits per heavy atom. The van der Waals surface area contributed by atoms with Crippen molar-refractivity contribution in [3.05, 3.63) is 40.9 Å². The molecule has 1 aromatic carbocycles. The number of benzene rings is 1. The molecule has 2 aromatic rings. The van der Waals surface area contributed by atoms with Crippen LogP contribution in [0.2, 0.25) is 0 Å². The van der Waals surface area contributed by atoms with E-state index in [9.17, 15) is 0 Å². The molecule has 0 fully saturated rings. The van der Waals surface area contributed by atoms with Gasteiger partial charge in [0, 0.05) is 11.9 Å². The van der Waals surface area contributed by atoms with Gasteiger partial charge < -0.3 is 9.72 Å². The summed E-state index contributed by atoms with van der Waals surface area (Å²) in [5, 5.41) is 0. The van der Waals surface area contributed by atoms with Crippen molar-refractivity contribution < 1.29 is 4.74 Å². The van der Waals surface area contributed by atoms with Crippen LogP contribution in [-0.4, -0.2) is 16.2 Å². The minimum atomic E-state index is 0.647. The van der Waals surface area contributed by atoms with Gasteiger partial charge in [-0.2, -0.15) is 0 Å². The number of aromatic amines is 1. The highest BCUT2D eigenvalue weighted by Gasteiger charge is 2.06. The van der Waals surface area contributed by atoms with Gasteiger partial charge in [-0.1, -0.05) is 12.1 Å². The number of aryl methyl sites for hydroxylation is 1. The van der Waals surface area contributed by atoms with Crippen LogP contribution in [0.1, 0.15) is 12.6 Å². The molecule has 0 spiro atoms. The first kappa shape index (κ1) is 11.0. The third-order valence-electron chi connectivity index (χ3n) is 2.27. The first-order valence-electron chi connectivity index (χ1n) is 5.23. The second kappa shape index (κ2) is 4.53. The number of aromatic nitrogens is 2. The van der Waals surface area contributed by atoms with E-state index in [1.165, 1.54) is 0 Å². The van der Waals surface area contributed by atoms with Crippen LogP contribution in [0.25, 0.3) is 5.69 Å². The average Bonchev–Trinajstić information content (AvgIpc) is 2.59. The highest BCUT2D eigenvalue weighted by molar-refractivity contribution is 7.71. The smallest absolute Gasteiger partial charge is 0.182 e. The molecule has 0 saturated carbocycles. The molecule has 0 atom stereocenters. The van der Waals surface area contributed by atoms with E-state index in [1.807, 2.05) is 48.9 Å². The van der Waals surface area contributed by atoms with Gasteiger partial charge >= 0.3 is 0 Å². The highest BCUT2D eigenvalue weighted by Crippen LogP contribution is 2.23. The molecular weight excluding hydrogens is 220 g/mol. The number of para-hydroxylation sites is 2. The van der Waals surface area contributed by atoms with Gasteiger partial charge in [0.1, 0.15) is 5.75 Å². The Balaban J connectivity index is 2.55. The zero-order valence-electron chi connectivity index (χ0n) is 9.36. The topological polar surface area (TPSA) is 29.9 Å². The zero-order valence-corrected chi connectivity index (χ0v) is 10.2. The number of hydrogen-bond acceptors (Lipinski definition) is 2. The second-order valence-electron chi connectivity index (χ2n) is 3.51. The minimum absolute atomic E-state index is 0.647. The summed E-state index contributed by atoms with van der Waals surface area (Å²) in [6, 6.07) is 7.87. The molecule has 0 unspecified atom stereocenters. The van der Waals surface area contributed by atoms with Crippen LogP contribution in [0.5, 0.6) is 5.75 Å². The molecule has 16 heavy (non-hydrogen) atoms. The Kier molecular flexibility index (Phi) is 3.10. The van der Waals surface area contributed by atoms with Crippen LogP contribution in [0.15, 0.2) is 30.5 Å². The molecule has 0 amide bonds. The SMILES string of the molecule is CCOc1ccccc1-n1cc(C)[nH]c1=S. The molecule has 0 aliphatic heterocycles. The normalized spacial score (nSPS) is 10.4. The maximum Gasteiger partial charge on any atom is 0.182 e. The summed E-state index contributed by atoms with van der Waals surface area (Å²) >= 11 is 5.25. The predicted molar refractivity (Wildman–Crippen MR) is 66.9 cm³/mol. The molecule has 3 nitrogen and oxygen atoms in total.